The minimum Gasteiger partial charge on any atom is -0.367 e. The van der Waals surface area contributed by atoms with E-state index in [-0.39, 0.29) is 17.3 Å². The third kappa shape index (κ3) is 2.80. The first kappa shape index (κ1) is 13.7. The average Bonchev–Trinajstić information content (AvgIpc) is 2.78. The van der Waals surface area contributed by atoms with Gasteiger partial charge in [-0.3, -0.25) is 14.9 Å². The van der Waals surface area contributed by atoms with Crippen LogP contribution in [0.1, 0.15) is 36.0 Å². The lowest BCUT2D eigenvalue weighted by atomic mass is 9.99. The van der Waals surface area contributed by atoms with Crippen molar-refractivity contribution in [1.29, 1.82) is 0 Å². The standard InChI is InChI=1S/C13H17N5O3/c14-12(19)11-5-10(18(20)21)6-15-13(11)17-9-3-7-1-2-8(4-9)16-7/h5-9,16H,1-4H2,(H2,14,19)(H,15,17). The Morgan fingerprint density at radius 2 is 2.10 bits per heavy atom. The van der Waals surface area contributed by atoms with E-state index in [1.54, 1.807) is 0 Å². The molecule has 21 heavy (non-hydrogen) atoms. The monoisotopic (exact) mass is 291 g/mol. The number of aromatic nitrogens is 1. The molecule has 2 aliphatic heterocycles. The molecule has 3 heterocycles. The van der Waals surface area contributed by atoms with Gasteiger partial charge in [-0.2, -0.15) is 0 Å². The maximum atomic E-state index is 11.5. The highest BCUT2D eigenvalue weighted by Crippen LogP contribution is 2.29. The van der Waals surface area contributed by atoms with Crippen molar-refractivity contribution >= 4 is 17.4 Å². The Labute approximate surface area is 121 Å². The molecular weight excluding hydrogens is 274 g/mol. The number of hydrogen-bond donors (Lipinski definition) is 3. The predicted octanol–water partition coefficient (Wildman–Crippen LogP) is 0.784. The van der Waals surface area contributed by atoms with Crippen LogP contribution >= 0.6 is 0 Å². The summed E-state index contributed by atoms with van der Waals surface area (Å²) in [6, 6.07) is 2.37. The summed E-state index contributed by atoms with van der Waals surface area (Å²) in [5, 5.41) is 17.5. The average molecular weight is 291 g/mol. The fraction of sp³-hybridized carbons (Fsp3) is 0.538. The van der Waals surface area contributed by atoms with Gasteiger partial charge in [0.25, 0.3) is 11.6 Å². The number of nitrogens with two attached hydrogens (primary N) is 1. The van der Waals surface area contributed by atoms with Crippen molar-refractivity contribution in [3.8, 4) is 0 Å². The lowest BCUT2D eigenvalue weighted by Gasteiger charge is -2.30. The van der Waals surface area contributed by atoms with Crippen LogP contribution in [0.15, 0.2) is 12.3 Å². The van der Waals surface area contributed by atoms with Crippen molar-refractivity contribution in [2.75, 3.05) is 5.32 Å². The summed E-state index contributed by atoms with van der Waals surface area (Å²) in [4.78, 5) is 25.7. The van der Waals surface area contributed by atoms with E-state index in [0.29, 0.717) is 17.9 Å². The first-order valence-electron chi connectivity index (χ1n) is 6.99. The predicted molar refractivity (Wildman–Crippen MR) is 76.0 cm³/mol. The quantitative estimate of drug-likeness (QED) is 0.556. The van der Waals surface area contributed by atoms with Crippen molar-refractivity contribution in [3.05, 3.63) is 27.9 Å². The van der Waals surface area contributed by atoms with Crippen LogP contribution in [-0.2, 0) is 0 Å². The van der Waals surface area contributed by atoms with Crippen molar-refractivity contribution in [2.45, 2.75) is 43.8 Å². The second-order valence-corrected chi connectivity index (χ2v) is 5.66. The second-order valence-electron chi connectivity index (χ2n) is 5.66. The van der Waals surface area contributed by atoms with E-state index in [9.17, 15) is 14.9 Å². The van der Waals surface area contributed by atoms with Crippen molar-refractivity contribution in [3.63, 3.8) is 0 Å². The Morgan fingerprint density at radius 1 is 1.43 bits per heavy atom. The second kappa shape index (κ2) is 5.28. The SMILES string of the molecule is NC(=O)c1cc([N+](=O)[O-])cnc1NC1CC2CCC(C1)N2. The molecule has 1 amide bonds. The Morgan fingerprint density at radius 3 is 2.67 bits per heavy atom. The van der Waals surface area contributed by atoms with Gasteiger partial charge in [-0.05, 0) is 25.7 Å². The fourth-order valence-corrected chi connectivity index (χ4v) is 3.22. The summed E-state index contributed by atoms with van der Waals surface area (Å²) in [5.41, 5.74) is 5.13. The number of carbonyl (C=O) groups excluding carboxylic acids is 1. The first-order chi connectivity index (χ1) is 10.0. The molecule has 2 bridgehead atoms. The molecule has 0 saturated carbocycles. The van der Waals surface area contributed by atoms with Gasteiger partial charge in [0.05, 0.1) is 10.5 Å². The van der Waals surface area contributed by atoms with Gasteiger partial charge in [-0.15, -0.1) is 0 Å². The molecule has 2 atom stereocenters. The lowest BCUT2D eigenvalue weighted by molar-refractivity contribution is -0.385. The molecule has 1 aromatic rings. The number of carbonyl (C=O) groups is 1. The molecule has 0 radical (unpaired) electrons. The molecule has 0 aliphatic carbocycles. The van der Waals surface area contributed by atoms with Crippen molar-refractivity contribution in [1.82, 2.24) is 10.3 Å². The van der Waals surface area contributed by atoms with Gasteiger partial charge >= 0.3 is 0 Å². The summed E-state index contributed by atoms with van der Waals surface area (Å²) >= 11 is 0. The zero-order valence-electron chi connectivity index (χ0n) is 11.4. The summed E-state index contributed by atoms with van der Waals surface area (Å²) in [6.07, 6.45) is 5.38. The van der Waals surface area contributed by atoms with Crippen molar-refractivity contribution < 1.29 is 9.72 Å². The number of nitro groups is 1. The Bertz CT molecular complexity index is 579. The number of piperidine rings is 1. The highest BCUT2D eigenvalue weighted by atomic mass is 16.6. The van der Waals surface area contributed by atoms with Gasteiger partial charge in [0.15, 0.2) is 0 Å². The largest absolute Gasteiger partial charge is 0.367 e. The molecule has 8 heteroatoms. The maximum absolute atomic E-state index is 11.5. The van der Waals surface area contributed by atoms with Crippen LogP contribution < -0.4 is 16.4 Å². The normalized spacial score (nSPS) is 27.3. The van der Waals surface area contributed by atoms with Crippen LogP contribution in [0.3, 0.4) is 0 Å². The van der Waals surface area contributed by atoms with Crippen LogP contribution in [0.25, 0.3) is 0 Å². The minimum atomic E-state index is -0.717. The van der Waals surface area contributed by atoms with Gasteiger partial charge in [0.2, 0.25) is 0 Å². The van der Waals surface area contributed by atoms with E-state index >= 15 is 0 Å². The third-order valence-electron chi connectivity index (χ3n) is 4.16. The number of fused-ring (bicyclic) bond motifs is 2. The van der Waals surface area contributed by atoms with Crippen LogP contribution in [0, 0.1) is 10.1 Å². The van der Waals surface area contributed by atoms with Crippen LogP contribution in [-0.4, -0.2) is 33.9 Å². The molecule has 0 spiro atoms. The van der Waals surface area contributed by atoms with E-state index in [1.165, 1.54) is 18.9 Å². The summed E-state index contributed by atoms with van der Waals surface area (Å²) in [6.45, 7) is 0. The number of amides is 1. The zero-order valence-corrected chi connectivity index (χ0v) is 11.4. The van der Waals surface area contributed by atoms with E-state index in [0.717, 1.165) is 19.0 Å². The number of anilines is 1. The number of nitrogens with zero attached hydrogens (tertiary/aromatic N) is 2. The van der Waals surface area contributed by atoms with Crippen LogP contribution in [0.4, 0.5) is 11.5 Å². The number of nitrogens with one attached hydrogen (secondary N) is 2. The number of hydrogen-bond acceptors (Lipinski definition) is 6. The van der Waals surface area contributed by atoms with Crippen LogP contribution in [0.5, 0.6) is 0 Å². The van der Waals surface area contributed by atoms with Crippen molar-refractivity contribution in [2.24, 2.45) is 5.73 Å². The van der Waals surface area contributed by atoms with E-state index in [4.69, 9.17) is 5.73 Å². The molecule has 112 valence electrons. The topological polar surface area (TPSA) is 123 Å². The zero-order chi connectivity index (χ0) is 15.0. The van der Waals surface area contributed by atoms with Gasteiger partial charge in [0, 0.05) is 24.2 Å². The molecule has 2 aliphatic rings. The van der Waals surface area contributed by atoms with E-state index in [1.807, 2.05) is 0 Å². The van der Waals surface area contributed by atoms with E-state index < -0.39 is 10.8 Å². The molecule has 2 unspecified atom stereocenters. The highest BCUT2D eigenvalue weighted by molar-refractivity contribution is 5.98. The lowest BCUT2D eigenvalue weighted by Crippen LogP contribution is -2.43. The van der Waals surface area contributed by atoms with Gasteiger partial charge in [0.1, 0.15) is 12.0 Å². The molecule has 4 N–H and O–H groups in total. The van der Waals surface area contributed by atoms with E-state index in [2.05, 4.69) is 15.6 Å². The van der Waals surface area contributed by atoms with Gasteiger partial charge in [-0.1, -0.05) is 0 Å². The number of pyridine rings is 1. The maximum Gasteiger partial charge on any atom is 0.288 e. The number of primary amides is 1. The highest BCUT2D eigenvalue weighted by Gasteiger charge is 2.34. The fourth-order valence-electron chi connectivity index (χ4n) is 3.22. The summed E-state index contributed by atoms with van der Waals surface area (Å²) < 4.78 is 0. The van der Waals surface area contributed by atoms with Gasteiger partial charge in [-0.25, -0.2) is 4.98 Å². The Balaban J connectivity index is 1.81. The molecule has 2 fully saturated rings. The molecular formula is C13H17N5O3. The Kier molecular flexibility index (Phi) is 3.46. The smallest absolute Gasteiger partial charge is 0.288 e. The first-order valence-corrected chi connectivity index (χ1v) is 6.99. The molecule has 3 rings (SSSR count). The minimum absolute atomic E-state index is 0.0649. The summed E-state index contributed by atoms with van der Waals surface area (Å²) in [5.74, 6) is -0.384. The number of rotatable bonds is 4. The molecule has 1 aromatic heterocycles. The third-order valence-corrected chi connectivity index (χ3v) is 4.16. The summed E-state index contributed by atoms with van der Waals surface area (Å²) in [7, 11) is 0. The molecule has 8 nitrogen and oxygen atoms in total. The Hall–Kier alpha value is -2.22. The molecule has 0 aromatic carbocycles. The molecule has 2 saturated heterocycles. The van der Waals surface area contributed by atoms with Gasteiger partial charge < -0.3 is 16.4 Å². The van der Waals surface area contributed by atoms with Crippen LogP contribution in [0.2, 0.25) is 0 Å².